The van der Waals surface area contributed by atoms with Crippen molar-refractivity contribution in [3.63, 3.8) is 0 Å². The summed E-state index contributed by atoms with van der Waals surface area (Å²) in [7, 11) is 0. The molecule has 3 rings (SSSR count). The van der Waals surface area contributed by atoms with Crippen molar-refractivity contribution in [2.45, 2.75) is 6.92 Å². The van der Waals surface area contributed by atoms with Crippen LogP contribution >= 0.6 is 0 Å². The molecule has 0 N–H and O–H groups in total. The molecule has 0 fully saturated rings. The highest BCUT2D eigenvalue weighted by molar-refractivity contribution is 5.91. The maximum absolute atomic E-state index is 11.9. The molecule has 3 aromatic rings. The van der Waals surface area contributed by atoms with Gasteiger partial charge in [0, 0.05) is 23.3 Å². The molecule has 0 atom stereocenters. The number of aryl methyl sites for hydroxylation is 1. The highest BCUT2D eigenvalue weighted by Crippen LogP contribution is 2.15. The largest absolute Gasteiger partial charge is 0.282 e. The highest BCUT2D eigenvalue weighted by Gasteiger charge is 2.03. The van der Waals surface area contributed by atoms with Crippen molar-refractivity contribution in [1.82, 2.24) is 9.38 Å². The summed E-state index contributed by atoms with van der Waals surface area (Å²) in [6.45, 7) is 1.82. The minimum atomic E-state index is 0.0186. The molecule has 16 heavy (non-hydrogen) atoms. The van der Waals surface area contributed by atoms with Crippen molar-refractivity contribution >= 4 is 16.4 Å². The Hall–Kier alpha value is -2.16. The number of nitrogens with zero attached hydrogens (tertiary/aromatic N) is 2. The van der Waals surface area contributed by atoms with Crippen LogP contribution in [-0.2, 0) is 0 Å². The van der Waals surface area contributed by atoms with Gasteiger partial charge in [-0.05, 0) is 25.1 Å². The topological polar surface area (TPSA) is 34.4 Å². The molecular formula is C13H10N2O. The van der Waals surface area contributed by atoms with Crippen LogP contribution in [-0.4, -0.2) is 9.38 Å². The van der Waals surface area contributed by atoms with Gasteiger partial charge in [-0.25, -0.2) is 0 Å². The van der Waals surface area contributed by atoms with Crippen LogP contribution in [0.25, 0.3) is 16.4 Å². The van der Waals surface area contributed by atoms with Gasteiger partial charge >= 0.3 is 0 Å². The lowest BCUT2D eigenvalue weighted by atomic mass is 10.2. The molecule has 3 nitrogen and oxygen atoms in total. The summed E-state index contributed by atoms with van der Waals surface area (Å²) in [6, 6.07) is 9.58. The number of hydrogen-bond donors (Lipinski definition) is 0. The first-order valence-corrected chi connectivity index (χ1v) is 5.13. The average Bonchev–Trinajstić information content (AvgIpc) is 2.33. The third-order valence-corrected chi connectivity index (χ3v) is 2.79. The van der Waals surface area contributed by atoms with Crippen molar-refractivity contribution in [3.8, 4) is 0 Å². The Morgan fingerprint density at radius 3 is 2.94 bits per heavy atom. The normalized spacial score (nSPS) is 11.1. The molecule has 0 aliphatic rings. The molecule has 0 bridgehead atoms. The van der Waals surface area contributed by atoms with Crippen LogP contribution in [0.5, 0.6) is 0 Å². The molecule has 0 amide bonds. The van der Waals surface area contributed by atoms with E-state index in [1.54, 1.807) is 16.8 Å². The quantitative estimate of drug-likeness (QED) is 0.533. The van der Waals surface area contributed by atoms with Gasteiger partial charge in [-0.15, -0.1) is 0 Å². The van der Waals surface area contributed by atoms with Gasteiger partial charge in [-0.2, -0.15) is 0 Å². The fourth-order valence-electron chi connectivity index (χ4n) is 1.92. The van der Waals surface area contributed by atoms with Gasteiger partial charge in [-0.3, -0.25) is 14.2 Å². The second-order valence-electron chi connectivity index (χ2n) is 3.83. The van der Waals surface area contributed by atoms with Crippen LogP contribution in [0.1, 0.15) is 5.56 Å². The molecular weight excluding hydrogens is 200 g/mol. The molecule has 0 radical (unpaired) electrons. The van der Waals surface area contributed by atoms with Gasteiger partial charge in [-0.1, -0.05) is 12.1 Å². The fourth-order valence-corrected chi connectivity index (χ4v) is 1.92. The van der Waals surface area contributed by atoms with Crippen molar-refractivity contribution in [2.24, 2.45) is 0 Å². The second-order valence-corrected chi connectivity index (χ2v) is 3.83. The summed E-state index contributed by atoms with van der Waals surface area (Å²) < 4.78 is 1.64. The molecule has 3 heteroatoms. The molecule has 0 aliphatic heterocycles. The lowest BCUT2D eigenvalue weighted by molar-refractivity contribution is 1.07. The van der Waals surface area contributed by atoms with Gasteiger partial charge in [0.05, 0.1) is 11.0 Å². The van der Waals surface area contributed by atoms with Crippen molar-refractivity contribution < 1.29 is 0 Å². The zero-order valence-electron chi connectivity index (χ0n) is 8.84. The lowest BCUT2D eigenvalue weighted by Crippen LogP contribution is -2.15. The van der Waals surface area contributed by atoms with Gasteiger partial charge in [0.2, 0.25) is 0 Å². The second kappa shape index (κ2) is 3.17. The van der Waals surface area contributed by atoms with E-state index in [-0.39, 0.29) is 5.56 Å². The van der Waals surface area contributed by atoms with Crippen LogP contribution in [0.4, 0.5) is 0 Å². The van der Waals surface area contributed by atoms with E-state index in [1.165, 1.54) is 0 Å². The molecule has 0 saturated carbocycles. The Balaban J connectivity index is 2.63. The van der Waals surface area contributed by atoms with Crippen LogP contribution < -0.4 is 5.56 Å². The smallest absolute Gasteiger partial charge is 0.258 e. The Labute approximate surface area is 92.0 Å². The zero-order valence-corrected chi connectivity index (χ0v) is 8.84. The van der Waals surface area contributed by atoms with Gasteiger partial charge in [0.25, 0.3) is 5.56 Å². The zero-order chi connectivity index (χ0) is 11.1. The maximum Gasteiger partial charge on any atom is 0.258 e. The number of aromatic nitrogens is 2. The SMILES string of the molecule is Cc1ccc2c3ncccc3ccn2c1=O. The Morgan fingerprint density at radius 2 is 2.06 bits per heavy atom. The summed E-state index contributed by atoms with van der Waals surface area (Å²) in [5.74, 6) is 0. The van der Waals surface area contributed by atoms with Gasteiger partial charge in [0.15, 0.2) is 0 Å². The Bertz CT molecular complexity index is 744. The molecule has 0 aliphatic carbocycles. The van der Waals surface area contributed by atoms with Gasteiger partial charge in [0.1, 0.15) is 0 Å². The van der Waals surface area contributed by atoms with E-state index >= 15 is 0 Å². The molecule has 0 saturated heterocycles. The van der Waals surface area contributed by atoms with E-state index in [0.29, 0.717) is 0 Å². The van der Waals surface area contributed by atoms with Crippen molar-refractivity contribution in [3.05, 3.63) is 58.6 Å². The summed E-state index contributed by atoms with van der Waals surface area (Å²) >= 11 is 0. The molecule has 78 valence electrons. The van der Waals surface area contributed by atoms with E-state index < -0.39 is 0 Å². The van der Waals surface area contributed by atoms with E-state index in [4.69, 9.17) is 0 Å². The molecule has 0 spiro atoms. The third-order valence-electron chi connectivity index (χ3n) is 2.79. The van der Waals surface area contributed by atoms with E-state index in [0.717, 1.165) is 22.0 Å². The number of fused-ring (bicyclic) bond motifs is 3. The Kier molecular flexibility index (Phi) is 1.80. The summed E-state index contributed by atoms with van der Waals surface area (Å²) in [5.41, 5.74) is 2.48. The minimum Gasteiger partial charge on any atom is -0.282 e. The van der Waals surface area contributed by atoms with E-state index in [2.05, 4.69) is 4.98 Å². The van der Waals surface area contributed by atoms with E-state index in [1.807, 2.05) is 37.3 Å². The minimum absolute atomic E-state index is 0.0186. The van der Waals surface area contributed by atoms with Crippen LogP contribution in [0.3, 0.4) is 0 Å². The van der Waals surface area contributed by atoms with Gasteiger partial charge < -0.3 is 0 Å². The monoisotopic (exact) mass is 210 g/mol. The molecule has 0 aromatic carbocycles. The highest BCUT2D eigenvalue weighted by atomic mass is 16.1. The number of rotatable bonds is 0. The first-order chi connectivity index (χ1) is 7.77. The average molecular weight is 210 g/mol. The van der Waals surface area contributed by atoms with Crippen molar-refractivity contribution in [2.75, 3.05) is 0 Å². The predicted molar refractivity (Wildman–Crippen MR) is 63.7 cm³/mol. The lowest BCUT2D eigenvalue weighted by Gasteiger charge is -2.04. The van der Waals surface area contributed by atoms with Crippen LogP contribution in [0.2, 0.25) is 0 Å². The molecule has 3 heterocycles. The van der Waals surface area contributed by atoms with Crippen molar-refractivity contribution in [1.29, 1.82) is 0 Å². The predicted octanol–water partition coefficient (Wildman–Crippen LogP) is 2.16. The number of pyridine rings is 3. The fraction of sp³-hybridized carbons (Fsp3) is 0.0769. The summed E-state index contributed by atoms with van der Waals surface area (Å²) in [5, 5.41) is 1.05. The summed E-state index contributed by atoms with van der Waals surface area (Å²) in [6.07, 6.45) is 3.54. The van der Waals surface area contributed by atoms with E-state index in [9.17, 15) is 4.79 Å². The standard InChI is InChI=1S/C13H10N2O/c1-9-4-5-11-12-10(3-2-7-14-12)6-8-15(11)13(9)16/h2-8H,1H3. The first-order valence-electron chi connectivity index (χ1n) is 5.13. The van der Waals surface area contributed by atoms with Crippen LogP contribution in [0, 0.1) is 6.92 Å². The molecule has 0 unspecified atom stereocenters. The van der Waals surface area contributed by atoms with Crippen LogP contribution in [0.15, 0.2) is 47.5 Å². The summed E-state index contributed by atoms with van der Waals surface area (Å²) in [4.78, 5) is 16.2. The Morgan fingerprint density at radius 1 is 1.19 bits per heavy atom. The maximum atomic E-state index is 11.9. The molecule has 3 aromatic heterocycles. The third kappa shape index (κ3) is 1.15. The first kappa shape index (κ1) is 9.09. The number of hydrogen-bond acceptors (Lipinski definition) is 2.